The maximum absolute atomic E-state index is 12.5. The standard InChI is InChI=1S/C23H32BNO4/c1-16(26)14-25(21-13-19-12-20(17(21)2)23(19,3)4)15-22(27)29-24(25,28)11-10-18-8-6-5-7-9-18/h5-11,17,19-21,28H,12-15H2,1-4H3/b11-10+/t17-,19+,20-,21-,24?,25?/m1/s1. The number of quaternary nitrogens is 1. The summed E-state index contributed by atoms with van der Waals surface area (Å²) in [6, 6.07) is 9.69. The average Bonchev–Trinajstić information content (AvgIpc) is 2.90. The number of carbonyl (C=O) groups is 2. The molecule has 0 radical (unpaired) electrons. The van der Waals surface area contributed by atoms with E-state index in [0.29, 0.717) is 17.8 Å². The number of ketones is 1. The summed E-state index contributed by atoms with van der Waals surface area (Å²) in [6.07, 6.45) is 3.92. The van der Waals surface area contributed by atoms with Crippen LogP contribution in [0.3, 0.4) is 0 Å². The van der Waals surface area contributed by atoms with Gasteiger partial charge < -0.3 is 14.1 Å². The van der Waals surface area contributed by atoms with Crippen molar-refractivity contribution in [3.63, 3.8) is 0 Å². The van der Waals surface area contributed by atoms with Gasteiger partial charge >= 0.3 is 12.7 Å². The topological polar surface area (TPSA) is 63.6 Å². The summed E-state index contributed by atoms with van der Waals surface area (Å²) in [7, 11) is 0. The van der Waals surface area contributed by atoms with Gasteiger partial charge in [0, 0.05) is 12.8 Å². The zero-order valence-corrected chi connectivity index (χ0v) is 17.9. The average molecular weight is 397 g/mol. The Hall–Kier alpha value is -1.92. The van der Waals surface area contributed by atoms with Crippen molar-refractivity contribution in [2.45, 2.75) is 46.6 Å². The van der Waals surface area contributed by atoms with E-state index in [2.05, 4.69) is 20.8 Å². The normalized spacial score (nSPS) is 40.5. The molecule has 2 bridgehead atoms. The molecule has 0 spiro atoms. The van der Waals surface area contributed by atoms with Crippen molar-refractivity contribution >= 4 is 24.5 Å². The van der Waals surface area contributed by atoms with Gasteiger partial charge in [0.1, 0.15) is 13.1 Å². The smallest absolute Gasteiger partial charge is 0.549 e. The zero-order valence-electron chi connectivity index (χ0n) is 17.9. The van der Waals surface area contributed by atoms with Gasteiger partial charge in [0.05, 0.1) is 6.04 Å². The Morgan fingerprint density at radius 2 is 2.00 bits per heavy atom. The van der Waals surface area contributed by atoms with Crippen molar-refractivity contribution < 1.29 is 23.7 Å². The summed E-state index contributed by atoms with van der Waals surface area (Å²) in [5.74, 6) is 2.61. The fraction of sp³-hybridized carbons (Fsp3) is 0.565. The quantitative estimate of drug-likeness (QED) is 0.776. The molecule has 1 heterocycles. The highest BCUT2D eigenvalue weighted by Gasteiger charge is 2.66. The number of hydrogen-bond donors (Lipinski definition) is 1. The van der Waals surface area contributed by atoms with Gasteiger partial charge in [-0.2, -0.15) is 0 Å². The van der Waals surface area contributed by atoms with Gasteiger partial charge in [-0.1, -0.05) is 57.2 Å². The summed E-state index contributed by atoms with van der Waals surface area (Å²) >= 11 is 0. The zero-order chi connectivity index (χ0) is 21.0. The van der Waals surface area contributed by atoms with Crippen LogP contribution in [0.5, 0.6) is 0 Å². The third-order valence-corrected chi connectivity index (χ3v) is 8.30. The van der Waals surface area contributed by atoms with Crippen LogP contribution in [0.4, 0.5) is 0 Å². The van der Waals surface area contributed by atoms with Crippen molar-refractivity contribution in [1.29, 1.82) is 0 Å². The molecule has 1 aromatic carbocycles. The molecule has 1 saturated heterocycles. The molecular weight excluding hydrogens is 365 g/mol. The van der Waals surface area contributed by atoms with Gasteiger partial charge in [0.25, 0.3) is 0 Å². The molecule has 3 aliphatic carbocycles. The Morgan fingerprint density at radius 1 is 1.31 bits per heavy atom. The highest BCUT2D eigenvalue weighted by atomic mass is 16.6. The molecule has 29 heavy (non-hydrogen) atoms. The van der Waals surface area contributed by atoms with Crippen LogP contribution in [-0.4, -0.2) is 47.0 Å². The van der Waals surface area contributed by atoms with Crippen molar-refractivity contribution in [2.75, 3.05) is 13.1 Å². The van der Waals surface area contributed by atoms with E-state index in [1.165, 1.54) is 6.42 Å². The molecule has 3 saturated carbocycles. The van der Waals surface area contributed by atoms with E-state index in [1.807, 2.05) is 36.4 Å². The minimum atomic E-state index is -2.66. The first-order valence-corrected chi connectivity index (χ1v) is 10.8. The number of Topliss-reactive ketones (excluding diaryl/α,β-unsaturated/α-hetero) is 1. The van der Waals surface area contributed by atoms with E-state index in [1.54, 1.807) is 12.9 Å². The second kappa shape index (κ2) is 6.81. The maximum Gasteiger partial charge on any atom is 0.549 e. The molecule has 4 fully saturated rings. The van der Waals surface area contributed by atoms with E-state index in [0.717, 1.165) is 12.0 Å². The first kappa shape index (κ1) is 20.4. The van der Waals surface area contributed by atoms with Crippen LogP contribution in [0.25, 0.3) is 6.08 Å². The third-order valence-electron chi connectivity index (χ3n) is 8.30. The second-order valence-electron chi connectivity index (χ2n) is 10.2. The van der Waals surface area contributed by atoms with Crippen molar-refractivity contribution in [3.05, 3.63) is 41.9 Å². The Bertz CT molecular complexity index is 854. The molecule has 5 nitrogen and oxygen atoms in total. The molecule has 2 unspecified atom stereocenters. The molecule has 6 atom stereocenters. The predicted molar refractivity (Wildman–Crippen MR) is 113 cm³/mol. The number of rotatable bonds is 5. The van der Waals surface area contributed by atoms with E-state index < -0.39 is 12.7 Å². The van der Waals surface area contributed by atoms with Crippen molar-refractivity contribution in [1.82, 2.24) is 0 Å². The van der Waals surface area contributed by atoms with Gasteiger partial charge in [0.15, 0.2) is 5.78 Å². The number of benzene rings is 1. The summed E-state index contributed by atoms with van der Waals surface area (Å²) < 4.78 is 5.63. The maximum atomic E-state index is 12.5. The SMILES string of the molecule is CC(=O)C[N+]1([C@@H]2C[C@@H]3C[C@H]([C@H]2C)C3(C)C)CC(=O)O[B-]1(O)/C=C/c1ccccc1. The van der Waals surface area contributed by atoms with Crippen LogP contribution in [0.2, 0.25) is 0 Å². The first-order chi connectivity index (χ1) is 13.6. The molecule has 1 N–H and O–H groups in total. The Morgan fingerprint density at radius 3 is 2.59 bits per heavy atom. The highest BCUT2D eigenvalue weighted by molar-refractivity contribution is 6.67. The highest BCUT2D eigenvalue weighted by Crippen LogP contribution is 2.63. The summed E-state index contributed by atoms with van der Waals surface area (Å²) in [6.45, 7) is 5.94. The van der Waals surface area contributed by atoms with Crippen LogP contribution in [0, 0.1) is 23.2 Å². The van der Waals surface area contributed by atoms with Crippen molar-refractivity contribution in [2.24, 2.45) is 23.2 Å². The number of fused-ring (bicyclic) bond motifs is 2. The molecule has 4 aliphatic rings. The first-order valence-electron chi connectivity index (χ1n) is 10.8. The lowest BCUT2D eigenvalue weighted by Gasteiger charge is -2.67. The molecule has 1 aromatic rings. The fourth-order valence-electron chi connectivity index (χ4n) is 6.63. The fourth-order valence-corrected chi connectivity index (χ4v) is 6.63. The predicted octanol–water partition coefficient (Wildman–Crippen LogP) is 3.20. The molecule has 1 aliphatic heterocycles. The number of hydrogen-bond acceptors (Lipinski definition) is 4. The molecule has 156 valence electrons. The second-order valence-corrected chi connectivity index (χ2v) is 10.2. The van der Waals surface area contributed by atoms with E-state index >= 15 is 0 Å². The lowest BCUT2D eigenvalue weighted by Crippen LogP contribution is -2.76. The van der Waals surface area contributed by atoms with Gasteiger partial charge in [-0.05, 0) is 35.7 Å². The Balaban J connectivity index is 1.75. The lowest BCUT2D eigenvalue weighted by molar-refractivity contribution is -0.858. The van der Waals surface area contributed by atoms with Gasteiger partial charge in [-0.3, -0.25) is 9.59 Å². The Kier molecular flexibility index (Phi) is 4.78. The third kappa shape index (κ3) is 3.08. The molecule has 5 rings (SSSR count). The lowest BCUT2D eigenvalue weighted by atomic mass is 9.43. The molecule has 6 heteroatoms. The van der Waals surface area contributed by atoms with Crippen LogP contribution < -0.4 is 0 Å². The molecular formula is C23H32BNO4. The van der Waals surface area contributed by atoms with E-state index in [-0.39, 0.29) is 34.7 Å². The van der Waals surface area contributed by atoms with E-state index in [9.17, 15) is 14.6 Å². The number of carbonyl (C=O) groups excluding carboxylic acids is 2. The summed E-state index contributed by atoms with van der Waals surface area (Å²) in [5, 5.41) is 11.7. The van der Waals surface area contributed by atoms with Crippen LogP contribution in [0.15, 0.2) is 36.3 Å². The molecule has 0 aromatic heterocycles. The van der Waals surface area contributed by atoms with Crippen molar-refractivity contribution in [3.8, 4) is 0 Å². The number of nitrogens with zero attached hydrogens (tertiary/aromatic N) is 1. The molecule has 0 amide bonds. The van der Waals surface area contributed by atoms with E-state index in [4.69, 9.17) is 4.65 Å². The monoisotopic (exact) mass is 397 g/mol. The van der Waals surface area contributed by atoms with Gasteiger partial charge in [-0.15, -0.1) is 5.98 Å². The Labute approximate surface area is 173 Å². The summed E-state index contributed by atoms with van der Waals surface area (Å²) in [4.78, 5) is 24.8. The van der Waals surface area contributed by atoms with Gasteiger partial charge in [-0.25, -0.2) is 0 Å². The largest absolute Gasteiger partial charge is 0.607 e. The van der Waals surface area contributed by atoms with Gasteiger partial charge in [0.2, 0.25) is 0 Å². The van der Waals surface area contributed by atoms with Crippen LogP contribution >= 0.6 is 0 Å². The summed E-state index contributed by atoms with van der Waals surface area (Å²) in [5.41, 5.74) is 1.21. The minimum Gasteiger partial charge on any atom is -0.607 e. The van der Waals surface area contributed by atoms with Crippen LogP contribution in [-0.2, 0) is 14.2 Å². The minimum absolute atomic E-state index is 0.0255. The van der Waals surface area contributed by atoms with Crippen LogP contribution in [0.1, 0.15) is 46.1 Å².